The molecule has 0 saturated heterocycles. The third-order valence-corrected chi connectivity index (χ3v) is 3.80. The molecule has 2 aromatic carbocycles. The van der Waals surface area contributed by atoms with Crippen LogP contribution in [0.5, 0.6) is 11.5 Å². The molecule has 0 saturated carbocycles. The highest BCUT2D eigenvalue weighted by atomic mass is 16.5. The first-order chi connectivity index (χ1) is 13.1. The first-order valence-electron chi connectivity index (χ1n) is 8.41. The molecule has 1 N–H and O–H groups in total. The standard InChI is InChI=1S/C20H21N3O4/c1-3-23(13-19(24)22-17-6-4-5-7-18(17)26-2)20(25)14-27-16-10-8-15(12-21)9-11-16/h4-11H,3,13-14H2,1-2H3,(H,22,24). The number of benzene rings is 2. The molecule has 0 aliphatic carbocycles. The van der Waals surface area contributed by atoms with Crippen molar-refractivity contribution in [3.63, 3.8) is 0 Å². The number of carbonyl (C=O) groups is 2. The summed E-state index contributed by atoms with van der Waals surface area (Å²) in [6.45, 7) is 1.87. The molecule has 0 unspecified atom stereocenters. The van der Waals surface area contributed by atoms with Crippen molar-refractivity contribution in [2.75, 3.05) is 32.1 Å². The molecule has 0 spiro atoms. The van der Waals surface area contributed by atoms with Gasteiger partial charge in [0.1, 0.15) is 11.5 Å². The van der Waals surface area contributed by atoms with E-state index in [1.54, 1.807) is 55.5 Å². The summed E-state index contributed by atoms with van der Waals surface area (Å²) in [7, 11) is 1.52. The number of para-hydroxylation sites is 2. The number of nitrogens with one attached hydrogen (secondary N) is 1. The fourth-order valence-electron chi connectivity index (χ4n) is 2.35. The van der Waals surface area contributed by atoms with Gasteiger partial charge in [-0.05, 0) is 43.3 Å². The number of anilines is 1. The van der Waals surface area contributed by atoms with Crippen LogP contribution in [-0.2, 0) is 9.59 Å². The van der Waals surface area contributed by atoms with Crippen LogP contribution in [0.2, 0.25) is 0 Å². The van der Waals surface area contributed by atoms with E-state index in [-0.39, 0.29) is 25.0 Å². The van der Waals surface area contributed by atoms with Gasteiger partial charge in [-0.25, -0.2) is 0 Å². The normalized spacial score (nSPS) is 9.81. The Morgan fingerprint density at radius 1 is 1.15 bits per heavy atom. The smallest absolute Gasteiger partial charge is 0.260 e. The largest absolute Gasteiger partial charge is 0.495 e. The van der Waals surface area contributed by atoms with E-state index >= 15 is 0 Å². The molecule has 0 aliphatic heterocycles. The summed E-state index contributed by atoms with van der Waals surface area (Å²) in [6.07, 6.45) is 0. The van der Waals surface area contributed by atoms with Gasteiger partial charge in [0.25, 0.3) is 5.91 Å². The van der Waals surface area contributed by atoms with E-state index in [9.17, 15) is 9.59 Å². The number of likely N-dealkylation sites (N-methyl/N-ethyl adjacent to an activating group) is 1. The van der Waals surface area contributed by atoms with Gasteiger partial charge in [0.05, 0.1) is 31.0 Å². The quantitative estimate of drug-likeness (QED) is 0.774. The van der Waals surface area contributed by atoms with Crippen molar-refractivity contribution in [2.24, 2.45) is 0 Å². The molecule has 2 rings (SSSR count). The van der Waals surface area contributed by atoms with Crippen LogP contribution >= 0.6 is 0 Å². The fourth-order valence-corrected chi connectivity index (χ4v) is 2.35. The maximum absolute atomic E-state index is 12.3. The molecule has 0 aliphatic rings. The van der Waals surface area contributed by atoms with Gasteiger partial charge in [-0.3, -0.25) is 9.59 Å². The Hall–Kier alpha value is -3.53. The first-order valence-corrected chi connectivity index (χ1v) is 8.41. The average molecular weight is 367 g/mol. The zero-order chi connectivity index (χ0) is 19.6. The minimum Gasteiger partial charge on any atom is -0.495 e. The van der Waals surface area contributed by atoms with Crippen LogP contribution in [0.1, 0.15) is 12.5 Å². The molecule has 0 fully saturated rings. The summed E-state index contributed by atoms with van der Waals surface area (Å²) in [5, 5.41) is 11.5. The monoisotopic (exact) mass is 367 g/mol. The van der Waals surface area contributed by atoms with E-state index in [1.807, 2.05) is 6.07 Å². The van der Waals surface area contributed by atoms with E-state index < -0.39 is 0 Å². The van der Waals surface area contributed by atoms with Crippen molar-refractivity contribution in [2.45, 2.75) is 6.92 Å². The summed E-state index contributed by atoms with van der Waals surface area (Å²) in [4.78, 5) is 26.0. The molecule has 0 bridgehead atoms. The Labute approximate surface area is 158 Å². The Morgan fingerprint density at radius 2 is 1.85 bits per heavy atom. The van der Waals surface area contributed by atoms with Gasteiger partial charge in [0.2, 0.25) is 5.91 Å². The minimum absolute atomic E-state index is 0.0931. The summed E-state index contributed by atoms with van der Waals surface area (Å²) in [5.74, 6) is 0.395. The van der Waals surface area contributed by atoms with Crippen molar-refractivity contribution < 1.29 is 19.1 Å². The van der Waals surface area contributed by atoms with Crippen LogP contribution in [0.25, 0.3) is 0 Å². The lowest BCUT2D eigenvalue weighted by molar-refractivity contribution is -0.136. The van der Waals surface area contributed by atoms with E-state index in [1.165, 1.54) is 12.0 Å². The molecule has 2 aromatic rings. The van der Waals surface area contributed by atoms with Crippen molar-refractivity contribution in [1.29, 1.82) is 5.26 Å². The zero-order valence-electron chi connectivity index (χ0n) is 15.3. The lowest BCUT2D eigenvalue weighted by Crippen LogP contribution is -2.40. The fraction of sp³-hybridized carbons (Fsp3) is 0.250. The van der Waals surface area contributed by atoms with E-state index in [4.69, 9.17) is 14.7 Å². The highest BCUT2D eigenvalue weighted by molar-refractivity contribution is 5.95. The number of methoxy groups -OCH3 is 1. The van der Waals surface area contributed by atoms with Crippen molar-refractivity contribution in [3.8, 4) is 17.6 Å². The molecule has 0 heterocycles. The van der Waals surface area contributed by atoms with Gasteiger partial charge in [0, 0.05) is 6.54 Å². The number of carbonyl (C=O) groups excluding carboxylic acids is 2. The SMILES string of the molecule is CCN(CC(=O)Nc1ccccc1OC)C(=O)COc1ccc(C#N)cc1. The van der Waals surface area contributed by atoms with E-state index in [2.05, 4.69) is 5.32 Å². The maximum Gasteiger partial charge on any atom is 0.260 e. The van der Waals surface area contributed by atoms with Crippen molar-refractivity contribution >= 4 is 17.5 Å². The number of amides is 2. The van der Waals surface area contributed by atoms with E-state index in [0.717, 1.165) is 0 Å². The number of nitriles is 1. The number of hydrogen-bond acceptors (Lipinski definition) is 5. The topological polar surface area (TPSA) is 91.7 Å². The molecule has 140 valence electrons. The summed E-state index contributed by atoms with van der Waals surface area (Å²) in [5.41, 5.74) is 1.05. The third kappa shape index (κ3) is 5.75. The molecule has 0 radical (unpaired) electrons. The molecule has 7 heteroatoms. The molecule has 2 amide bonds. The zero-order valence-corrected chi connectivity index (χ0v) is 15.3. The van der Waals surface area contributed by atoms with Crippen LogP contribution in [0.4, 0.5) is 5.69 Å². The number of rotatable bonds is 8. The Kier molecular flexibility index (Phi) is 7.20. The second-order valence-electron chi connectivity index (χ2n) is 5.58. The number of hydrogen-bond donors (Lipinski definition) is 1. The van der Waals surface area contributed by atoms with Gasteiger partial charge in [-0.2, -0.15) is 5.26 Å². The van der Waals surface area contributed by atoms with Crippen molar-refractivity contribution in [1.82, 2.24) is 4.90 Å². The van der Waals surface area contributed by atoms with Crippen LogP contribution in [0.15, 0.2) is 48.5 Å². The number of nitrogens with zero attached hydrogens (tertiary/aromatic N) is 2. The molecule has 7 nitrogen and oxygen atoms in total. The van der Waals surface area contributed by atoms with Gasteiger partial charge < -0.3 is 19.7 Å². The first kappa shape index (κ1) is 19.8. The van der Waals surface area contributed by atoms with Gasteiger partial charge in [-0.1, -0.05) is 12.1 Å². The second kappa shape index (κ2) is 9.82. The summed E-state index contributed by atoms with van der Waals surface area (Å²) < 4.78 is 10.6. The molecular formula is C20H21N3O4. The van der Waals surface area contributed by atoms with Crippen LogP contribution in [0.3, 0.4) is 0 Å². The van der Waals surface area contributed by atoms with Crippen LogP contribution in [0, 0.1) is 11.3 Å². The third-order valence-electron chi connectivity index (χ3n) is 3.80. The number of ether oxygens (including phenoxy) is 2. The lowest BCUT2D eigenvalue weighted by atomic mass is 10.2. The Balaban J connectivity index is 1.90. The second-order valence-corrected chi connectivity index (χ2v) is 5.58. The van der Waals surface area contributed by atoms with Crippen LogP contribution in [-0.4, -0.2) is 43.5 Å². The predicted molar refractivity (Wildman–Crippen MR) is 101 cm³/mol. The van der Waals surface area contributed by atoms with Crippen molar-refractivity contribution in [3.05, 3.63) is 54.1 Å². The minimum atomic E-state index is -0.326. The molecule has 0 aromatic heterocycles. The molecule has 27 heavy (non-hydrogen) atoms. The van der Waals surface area contributed by atoms with Crippen LogP contribution < -0.4 is 14.8 Å². The predicted octanol–water partition coefficient (Wildman–Crippen LogP) is 2.43. The van der Waals surface area contributed by atoms with Gasteiger partial charge >= 0.3 is 0 Å². The summed E-state index contributed by atoms with van der Waals surface area (Å²) >= 11 is 0. The molecular weight excluding hydrogens is 346 g/mol. The summed E-state index contributed by atoms with van der Waals surface area (Å²) in [6, 6.07) is 15.5. The highest BCUT2D eigenvalue weighted by Crippen LogP contribution is 2.22. The van der Waals surface area contributed by atoms with Gasteiger partial charge in [-0.15, -0.1) is 0 Å². The maximum atomic E-state index is 12.3. The lowest BCUT2D eigenvalue weighted by Gasteiger charge is -2.21. The highest BCUT2D eigenvalue weighted by Gasteiger charge is 2.17. The average Bonchev–Trinajstić information content (AvgIpc) is 2.71. The Morgan fingerprint density at radius 3 is 2.48 bits per heavy atom. The molecule has 0 atom stereocenters. The Bertz CT molecular complexity index is 828. The van der Waals surface area contributed by atoms with E-state index in [0.29, 0.717) is 29.3 Å². The van der Waals surface area contributed by atoms with Gasteiger partial charge in [0.15, 0.2) is 6.61 Å².